The molecule has 0 aliphatic carbocycles. The number of aryl methyl sites for hydroxylation is 2. The summed E-state index contributed by atoms with van der Waals surface area (Å²) >= 11 is 0. The Labute approximate surface area is 101 Å². The predicted octanol–water partition coefficient (Wildman–Crippen LogP) is 1.23. The molecule has 0 saturated heterocycles. The van der Waals surface area contributed by atoms with Crippen LogP contribution in [0, 0.1) is 6.92 Å². The third-order valence-corrected chi connectivity index (χ3v) is 2.51. The van der Waals surface area contributed by atoms with Crippen LogP contribution in [0.25, 0.3) is 0 Å². The van der Waals surface area contributed by atoms with Gasteiger partial charge in [-0.3, -0.25) is 10.1 Å². The van der Waals surface area contributed by atoms with Crippen molar-refractivity contribution in [2.45, 2.75) is 26.3 Å². The fourth-order valence-corrected chi connectivity index (χ4v) is 1.55. The summed E-state index contributed by atoms with van der Waals surface area (Å²) in [6.45, 7) is 3.81. The van der Waals surface area contributed by atoms with E-state index in [1.807, 2.05) is 13.1 Å². The number of rotatable bonds is 6. The Hall–Kier alpha value is -1.75. The van der Waals surface area contributed by atoms with E-state index in [1.54, 1.807) is 6.33 Å². The Balaban J connectivity index is 1.61. The highest BCUT2D eigenvalue weighted by molar-refractivity contribution is 5.11. The third-order valence-electron chi connectivity index (χ3n) is 2.51. The van der Waals surface area contributed by atoms with E-state index in [9.17, 15) is 0 Å². The van der Waals surface area contributed by atoms with Gasteiger partial charge in [0, 0.05) is 19.2 Å². The minimum atomic E-state index is 0.816. The van der Waals surface area contributed by atoms with Crippen molar-refractivity contribution in [2.75, 3.05) is 6.54 Å². The van der Waals surface area contributed by atoms with Gasteiger partial charge in [0.2, 0.25) is 0 Å². The van der Waals surface area contributed by atoms with Crippen LogP contribution >= 0.6 is 0 Å². The molecule has 17 heavy (non-hydrogen) atoms. The Kier molecular flexibility index (Phi) is 4.21. The van der Waals surface area contributed by atoms with Crippen molar-refractivity contribution in [2.24, 2.45) is 0 Å². The van der Waals surface area contributed by atoms with Crippen molar-refractivity contribution in [3.63, 3.8) is 0 Å². The zero-order valence-electron chi connectivity index (χ0n) is 9.98. The largest absolute Gasteiger partial charge is 0.311 e. The lowest BCUT2D eigenvalue weighted by Gasteiger charge is -2.03. The first-order valence-corrected chi connectivity index (χ1v) is 5.81. The van der Waals surface area contributed by atoms with Gasteiger partial charge in [-0.2, -0.15) is 5.10 Å². The summed E-state index contributed by atoms with van der Waals surface area (Å²) in [4.78, 5) is 8.41. The maximum absolute atomic E-state index is 4.33. The Bertz CT molecular complexity index is 421. The number of aromatic nitrogens is 4. The normalized spacial score (nSPS) is 10.6. The molecule has 0 bridgehead atoms. The van der Waals surface area contributed by atoms with Crippen molar-refractivity contribution in [3.8, 4) is 0 Å². The lowest BCUT2D eigenvalue weighted by Crippen LogP contribution is -2.16. The second-order valence-electron chi connectivity index (χ2n) is 4.04. The summed E-state index contributed by atoms with van der Waals surface area (Å²) in [6, 6.07) is 4.14. The minimum Gasteiger partial charge on any atom is -0.311 e. The molecule has 2 rings (SSSR count). The van der Waals surface area contributed by atoms with E-state index in [-0.39, 0.29) is 0 Å². The van der Waals surface area contributed by atoms with Crippen LogP contribution in [0.15, 0.2) is 24.7 Å². The molecule has 0 saturated carbocycles. The van der Waals surface area contributed by atoms with E-state index in [4.69, 9.17) is 0 Å². The second kappa shape index (κ2) is 6.10. The fourth-order valence-electron chi connectivity index (χ4n) is 1.55. The SMILES string of the molecule is Cc1ccc(CNCCCc2ncn[nH]2)nc1. The van der Waals surface area contributed by atoms with Crippen LogP contribution < -0.4 is 5.32 Å². The summed E-state index contributed by atoms with van der Waals surface area (Å²) in [7, 11) is 0. The van der Waals surface area contributed by atoms with Crippen LogP contribution in [0.4, 0.5) is 0 Å². The smallest absolute Gasteiger partial charge is 0.137 e. The van der Waals surface area contributed by atoms with Crippen molar-refractivity contribution in [3.05, 3.63) is 41.7 Å². The van der Waals surface area contributed by atoms with Crippen LogP contribution in [0.1, 0.15) is 23.5 Å². The van der Waals surface area contributed by atoms with Gasteiger partial charge in [0.05, 0.1) is 5.69 Å². The highest BCUT2D eigenvalue weighted by atomic mass is 15.2. The Morgan fingerprint density at radius 2 is 2.24 bits per heavy atom. The number of H-pyrrole nitrogens is 1. The average molecular weight is 231 g/mol. The van der Waals surface area contributed by atoms with Gasteiger partial charge in [-0.15, -0.1) is 0 Å². The van der Waals surface area contributed by atoms with Gasteiger partial charge in [-0.05, 0) is 31.5 Å². The number of aromatic amines is 1. The van der Waals surface area contributed by atoms with Gasteiger partial charge in [0.1, 0.15) is 12.2 Å². The van der Waals surface area contributed by atoms with E-state index < -0.39 is 0 Å². The second-order valence-corrected chi connectivity index (χ2v) is 4.04. The lowest BCUT2D eigenvalue weighted by atomic mass is 10.2. The molecule has 0 atom stereocenters. The standard InChI is InChI=1S/C12H17N5/c1-10-4-5-11(14-7-10)8-13-6-2-3-12-15-9-16-17-12/h4-5,7,9,13H,2-3,6,8H2,1H3,(H,15,16,17). The molecule has 2 heterocycles. The van der Waals surface area contributed by atoms with Crippen molar-refractivity contribution < 1.29 is 0 Å². The van der Waals surface area contributed by atoms with Crippen LogP contribution in [-0.2, 0) is 13.0 Å². The molecule has 0 aliphatic rings. The Morgan fingerprint density at radius 1 is 1.29 bits per heavy atom. The van der Waals surface area contributed by atoms with Crippen molar-refractivity contribution in [1.29, 1.82) is 0 Å². The zero-order valence-corrected chi connectivity index (χ0v) is 9.98. The minimum absolute atomic E-state index is 0.816. The van der Waals surface area contributed by atoms with Gasteiger partial charge in [0.15, 0.2) is 0 Å². The van der Waals surface area contributed by atoms with Gasteiger partial charge in [-0.25, -0.2) is 4.98 Å². The molecular formula is C12H17N5. The maximum Gasteiger partial charge on any atom is 0.137 e. The molecule has 0 radical (unpaired) electrons. The highest BCUT2D eigenvalue weighted by Crippen LogP contribution is 1.98. The van der Waals surface area contributed by atoms with Crippen molar-refractivity contribution in [1.82, 2.24) is 25.5 Å². The number of hydrogen-bond donors (Lipinski definition) is 2. The van der Waals surface area contributed by atoms with Crippen LogP contribution in [0.2, 0.25) is 0 Å². The molecular weight excluding hydrogens is 214 g/mol. The summed E-state index contributed by atoms with van der Waals surface area (Å²) in [6.07, 6.45) is 5.40. The van der Waals surface area contributed by atoms with Crippen LogP contribution in [0.3, 0.4) is 0 Å². The first-order chi connectivity index (χ1) is 8.34. The quantitative estimate of drug-likeness (QED) is 0.734. The molecule has 5 heteroatoms. The zero-order chi connectivity index (χ0) is 11.9. The molecule has 90 valence electrons. The molecule has 0 unspecified atom stereocenters. The van der Waals surface area contributed by atoms with Gasteiger partial charge >= 0.3 is 0 Å². The molecule has 2 aromatic rings. The number of nitrogens with one attached hydrogen (secondary N) is 2. The average Bonchev–Trinajstić information content (AvgIpc) is 2.84. The molecule has 0 spiro atoms. The van der Waals surface area contributed by atoms with E-state index >= 15 is 0 Å². The molecule has 0 amide bonds. The van der Waals surface area contributed by atoms with Gasteiger partial charge in [0.25, 0.3) is 0 Å². The first-order valence-electron chi connectivity index (χ1n) is 5.81. The highest BCUT2D eigenvalue weighted by Gasteiger charge is 1.96. The van der Waals surface area contributed by atoms with Gasteiger partial charge < -0.3 is 5.32 Å². The Morgan fingerprint density at radius 3 is 2.94 bits per heavy atom. The van der Waals surface area contributed by atoms with Crippen molar-refractivity contribution >= 4 is 0 Å². The first kappa shape index (κ1) is 11.7. The number of nitrogens with zero attached hydrogens (tertiary/aromatic N) is 3. The molecule has 2 aromatic heterocycles. The van der Waals surface area contributed by atoms with Crippen LogP contribution in [0.5, 0.6) is 0 Å². The lowest BCUT2D eigenvalue weighted by molar-refractivity contribution is 0.631. The number of pyridine rings is 1. The third kappa shape index (κ3) is 3.96. The monoisotopic (exact) mass is 231 g/mol. The van der Waals surface area contributed by atoms with Gasteiger partial charge in [-0.1, -0.05) is 6.07 Å². The molecule has 0 fully saturated rings. The molecule has 2 N–H and O–H groups in total. The molecule has 0 aromatic carbocycles. The van der Waals surface area contributed by atoms with E-state index in [0.717, 1.165) is 37.4 Å². The fraction of sp³-hybridized carbons (Fsp3) is 0.417. The van der Waals surface area contributed by atoms with E-state index in [1.165, 1.54) is 5.56 Å². The summed E-state index contributed by atoms with van der Waals surface area (Å²) in [5.41, 5.74) is 2.27. The predicted molar refractivity (Wildman–Crippen MR) is 65.4 cm³/mol. The maximum atomic E-state index is 4.33. The van der Waals surface area contributed by atoms with E-state index in [0.29, 0.717) is 0 Å². The topological polar surface area (TPSA) is 66.5 Å². The summed E-state index contributed by atoms with van der Waals surface area (Å²) in [5.74, 6) is 0.945. The molecule has 0 aliphatic heterocycles. The number of hydrogen-bond acceptors (Lipinski definition) is 4. The molecule has 5 nitrogen and oxygen atoms in total. The summed E-state index contributed by atoms with van der Waals surface area (Å²) in [5, 5.41) is 10.0. The summed E-state index contributed by atoms with van der Waals surface area (Å²) < 4.78 is 0. The van der Waals surface area contributed by atoms with E-state index in [2.05, 4.69) is 37.6 Å². The van der Waals surface area contributed by atoms with Crippen LogP contribution in [-0.4, -0.2) is 26.7 Å².